The van der Waals surface area contributed by atoms with Gasteiger partial charge in [0, 0.05) is 18.9 Å². The maximum absolute atomic E-state index is 11.8. The Hall–Kier alpha value is -1.47. The van der Waals surface area contributed by atoms with E-state index in [1.807, 2.05) is 13.0 Å². The molecule has 7 heteroatoms. The van der Waals surface area contributed by atoms with Crippen LogP contribution in [0.15, 0.2) is 24.5 Å². The van der Waals surface area contributed by atoms with E-state index in [1.165, 1.54) is 6.92 Å². The summed E-state index contributed by atoms with van der Waals surface area (Å²) < 4.78 is 25.7. The van der Waals surface area contributed by atoms with E-state index in [0.717, 1.165) is 12.0 Å². The standard InChI is InChI=1S/C13H21N3O3S/c1-3-4-8-20(18,19)16-11(2)13(17)15-10-12-6-5-7-14-9-12/h5-7,9,11,16H,3-4,8,10H2,1-2H3,(H,15,17)/t11-/m0/s1. The van der Waals surface area contributed by atoms with Crippen molar-refractivity contribution in [3.05, 3.63) is 30.1 Å². The highest BCUT2D eigenvalue weighted by Gasteiger charge is 2.19. The second-order valence-electron chi connectivity index (χ2n) is 4.59. The molecule has 20 heavy (non-hydrogen) atoms. The lowest BCUT2D eigenvalue weighted by Gasteiger charge is -2.14. The molecule has 0 fully saturated rings. The number of carbonyl (C=O) groups excluding carboxylic acids is 1. The third kappa shape index (κ3) is 6.12. The van der Waals surface area contributed by atoms with Gasteiger partial charge in [-0.05, 0) is 25.0 Å². The predicted molar refractivity (Wildman–Crippen MR) is 77.4 cm³/mol. The van der Waals surface area contributed by atoms with Gasteiger partial charge in [-0.25, -0.2) is 13.1 Å². The molecule has 1 aromatic heterocycles. The van der Waals surface area contributed by atoms with Crippen molar-refractivity contribution < 1.29 is 13.2 Å². The zero-order valence-corrected chi connectivity index (χ0v) is 12.6. The van der Waals surface area contributed by atoms with Crippen molar-refractivity contribution in [1.29, 1.82) is 0 Å². The number of nitrogens with one attached hydrogen (secondary N) is 2. The lowest BCUT2D eigenvalue weighted by atomic mass is 10.2. The summed E-state index contributed by atoms with van der Waals surface area (Å²) in [6.45, 7) is 3.77. The number of nitrogens with zero attached hydrogens (tertiary/aromatic N) is 1. The van der Waals surface area contributed by atoms with Crippen molar-refractivity contribution in [2.24, 2.45) is 0 Å². The highest BCUT2D eigenvalue weighted by atomic mass is 32.2. The Kier molecular flexibility index (Phi) is 6.60. The molecule has 1 rings (SSSR count). The molecule has 1 aromatic rings. The number of aromatic nitrogens is 1. The summed E-state index contributed by atoms with van der Waals surface area (Å²) in [5.74, 6) is -0.307. The third-order valence-electron chi connectivity index (χ3n) is 2.71. The van der Waals surface area contributed by atoms with Crippen molar-refractivity contribution >= 4 is 15.9 Å². The van der Waals surface area contributed by atoms with Crippen LogP contribution >= 0.6 is 0 Å². The number of hydrogen-bond acceptors (Lipinski definition) is 4. The SMILES string of the molecule is CCCCS(=O)(=O)N[C@@H](C)C(=O)NCc1cccnc1. The van der Waals surface area contributed by atoms with Crippen LogP contribution in [0, 0.1) is 0 Å². The Labute approximate surface area is 120 Å². The number of rotatable bonds is 8. The summed E-state index contributed by atoms with van der Waals surface area (Å²) in [7, 11) is -3.39. The van der Waals surface area contributed by atoms with Crippen molar-refractivity contribution in [2.45, 2.75) is 39.3 Å². The van der Waals surface area contributed by atoms with E-state index in [0.29, 0.717) is 13.0 Å². The van der Waals surface area contributed by atoms with Crippen molar-refractivity contribution in [1.82, 2.24) is 15.0 Å². The van der Waals surface area contributed by atoms with Crippen LogP contribution in [0.2, 0.25) is 0 Å². The molecule has 1 heterocycles. The summed E-state index contributed by atoms with van der Waals surface area (Å²) in [6, 6.07) is 2.83. The number of hydrogen-bond donors (Lipinski definition) is 2. The van der Waals surface area contributed by atoms with Gasteiger partial charge in [-0.3, -0.25) is 9.78 Å². The molecule has 0 unspecified atom stereocenters. The molecule has 2 N–H and O–H groups in total. The molecule has 0 saturated carbocycles. The fourth-order valence-electron chi connectivity index (χ4n) is 1.56. The van der Waals surface area contributed by atoms with E-state index in [4.69, 9.17) is 0 Å². The van der Waals surface area contributed by atoms with E-state index >= 15 is 0 Å². The molecule has 112 valence electrons. The maximum atomic E-state index is 11.8. The Bertz CT molecular complexity index is 517. The number of carbonyl (C=O) groups is 1. The summed E-state index contributed by atoms with van der Waals surface area (Å²) >= 11 is 0. The minimum atomic E-state index is -3.39. The monoisotopic (exact) mass is 299 g/mol. The molecule has 1 amide bonds. The molecule has 0 bridgehead atoms. The van der Waals surface area contributed by atoms with Crippen LogP contribution in [0.1, 0.15) is 32.3 Å². The van der Waals surface area contributed by atoms with Gasteiger partial charge in [0.25, 0.3) is 0 Å². The molecular weight excluding hydrogens is 278 g/mol. The fourth-order valence-corrected chi connectivity index (χ4v) is 2.99. The maximum Gasteiger partial charge on any atom is 0.238 e. The Balaban J connectivity index is 2.43. The molecule has 0 aromatic carbocycles. The zero-order chi connectivity index (χ0) is 15.0. The van der Waals surface area contributed by atoms with E-state index in [1.54, 1.807) is 18.5 Å². The number of sulfonamides is 1. The number of amides is 1. The second kappa shape index (κ2) is 7.96. The Morgan fingerprint density at radius 3 is 2.80 bits per heavy atom. The highest BCUT2D eigenvalue weighted by molar-refractivity contribution is 7.89. The van der Waals surface area contributed by atoms with E-state index < -0.39 is 16.1 Å². The molecule has 0 radical (unpaired) electrons. The van der Waals surface area contributed by atoms with Crippen LogP contribution in [0.4, 0.5) is 0 Å². The van der Waals surface area contributed by atoms with Crippen LogP contribution in [0.5, 0.6) is 0 Å². The topological polar surface area (TPSA) is 88.2 Å². The van der Waals surface area contributed by atoms with Crippen LogP contribution in [-0.4, -0.2) is 31.1 Å². The molecule has 0 aliphatic rings. The quantitative estimate of drug-likeness (QED) is 0.743. The van der Waals surface area contributed by atoms with Gasteiger partial charge in [-0.15, -0.1) is 0 Å². The lowest BCUT2D eigenvalue weighted by Crippen LogP contribution is -2.45. The first kappa shape index (κ1) is 16.6. The average molecular weight is 299 g/mol. The predicted octanol–water partition coefficient (Wildman–Crippen LogP) is 0.806. The van der Waals surface area contributed by atoms with Gasteiger partial charge in [0.05, 0.1) is 11.8 Å². The summed E-state index contributed by atoms with van der Waals surface area (Å²) in [4.78, 5) is 15.7. The number of pyridine rings is 1. The van der Waals surface area contributed by atoms with Crippen LogP contribution in [0.25, 0.3) is 0 Å². The molecule has 0 saturated heterocycles. The number of unbranched alkanes of at least 4 members (excludes halogenated alkanes) is 1. The smallest absolute Gasteiger partial charge is 0.238 e. The van der Waals surface area contributed by atoms with Gasteiger partial charge < -0.3 is 5.32 Å². The molecule has 0 aliphatic heterocycles. The minimum Gasteiger partial charge on any atom is -0.351 e. The van der Waals surface area contributed by atoms with Gasteiger partial charge in [0.2, 0.25) is 15.9 Å². The lowest BCUT2D eigenvalue weighted by molar-refractivity contribution is -0.122. The first-order valence-electron chi connectivity index (χ1n) is 6.61. The van der Waals surface area contributed by atoms with Gasteiger partial charge in [-0.1, -0.05) is 19.4 Å². The normalized spacial score (nSPS) is 12.9. The first-order chi connectivity index (χ1) is 9.44. The van der Waals surface area contributed by atoms with Crippen molar-refractivity contribution in [2.75, 3.05) is 5.75 Å². The largest absolute Gasteiger partial charge is 0.351 e. The molecule has 6 nitrogen and oxygen atoms in total. The summed E-state index contributed by atoms with van der Waals surface area (Å²) in [6.07, 6.45) is 4.67. The van der Waals surface area contributed by atoms with Crippen LogP contribution in [0.3, 0.4) is 0 Å². The van der Waals surface area contributed by atoms with Gasteiger partial charge in [-0.2, -0.15) is 0 Å². The fraction of sp³-hybridized carbons (Fsp3) is 0.538. The highest BCUT2D eigenvalue weighted by Crippen LogP contribution is 1.98. The average Bonchev–Trinajstić information content (AvgIpc) is 2.43. The summed E-state index contributed by atoms with van der Waals surface area (Å²) in [5.41, 5.74) is 0.863. The van der Waals surface area contributed by atoms with Crippen LogP contribution in [-0.2, 0) is 21.4 Å². The Morgan fingerprint density at radius 1 is 1.45 bits per heavy atom. The zero-order valence-electron chi connectivity index (χ0n) is 11.8. The molecule has 0 spiro atoms. The van der Waals surface area contributed by atoms with Gasteiger partial charge in [0.1, 0.15) is 0 Å². The third-order valence-corrected chi connectivity index (χ3v) is 4.24. The van der Waals surface area contributed by atoms with E-state index in [9.17, 15) is 13.2 Å². The molecule has 1 atom stereocenters. The Morgan fingerprint density at radius 2 is 2.20 bits per heavy atom. The molecule has 0 aliphatic carbocycles. The van der Waals surface area contributed by atoms with Crippen LogP contribution < -0.4 is 10.0 Å². The summed E-state index contributed by atoms with van der Waals surface area (Å²) in [5, 5.41) is 2.67. The van der Waals surface area contributed by atoms with E-state index in [-0.39, 0.29) is 11.7 Å². The van der Waals surface area contributed by atoms with Crippen molar-refractivity contribution in [3.63, 3.8) is 0 Å². The van der Waals surface area contributed by atoms with E-state index in [2.05, 4.69) is 15.0 Å². The second-order valence-corrected chi connectivity index (χ2v) is 6.46. The molecular formula is C13H21N3O3S. The first-order valence-corrected chi connectivity index (χ1v) is 8.26. The van der Waals surface area contributed by atoms with Crippen molar-refractivity contribution in [3.8, 4) is 0 Å². The van der Waals surface area contributed by atoms with Gasteiger partial charge in [0.15, 0.2) is 0 Å². The minimum absolute atomic E-state index is 0.0454. The van der Waals surface area contributed by atoms with Gasteiger partial charge >= 0.3 is 0 Å².